The summed E-state index contributed by atoms with van der Waals surface area (Å²) in [5.74, 6) is 0.775. The number of benzene rings is 1. The van der Waals surface area contributed by atoms with Crippen molar-refractivity contribution in [3.8, 4) is 17.1 Å². The molecule has 0 atom stereocenters. The molecule has 4 rings (SSSR count). The number of fused-ring (bicyclic) bond motifs is 2. The third kappa shape index (κ3) is 2.04. The fourth-order valence-corrected chi connectivity index (χ4v) is 3.05. The Balaban J connectivity index is 2.05. The first-order chi connectivity index (χ1) is 11.2. The van der Waals surface area contributed by atoms with Crippen LogP contribution in [0.25, 0.3) is 33.3 Å². The van der Waals surface area contributed by atoms with Gasteiger partial charge in [0, 0.05) is 17.0 Å². The Bertz CT molecular complexity index is 1040. The molecule has 0 amide bonds. The average molecular weight is 304 g/mol. The molecule has 5 nitrogen and oxygen atoms in total. The monoisotopic (exact) mass is 304 g/mol. The Morgan fingerprint density at radius 3 is 2.78 bits per heavy atom. The van der Waals surface area contributed by atoms with Crippen molar-refractivity contribution in [2.24, 2.45) is 0 Å². The Kier molecular flexibility index (Phi) is 3.01. The van der Waals surface area contributed by atoms with E-state index < -0.39 is 0 Å². The first-order valence-electron chi connectivity index (χ1n) is 7.43. The van der Waals surface area contributed by atoms with E-state index in [1.165, 1.54) is 5.56 Å². The zero-order chi connectivity index (χ0) is 16.0. The van der Waals surface area contributed by atoms with Crippen molar-refractivity contribution in [3.63, 3.8) is 0 Å². The van der Waals surface area contributed by atoms with Crippen LogP contribution in [-0.4, -0.2) is 27.3 Å². The van der Waals surface area contributed by atoms with Crippen LogP contribution >= 0.6 is 0 Å². The summed E-state index contributed by atoms with van der Waals surface area (Å²) in [5.41, 5.74) is 5.63. The van der Waals surface area contributed by atoms with Gasteiger partial charge in [0.25, 0.3) is 0 Å². The van der Waals surface area contributed by atoms with Gasteiger partial charge in [0.15, 0.2) is 5.65 Å². The maximum Gasteiger partial charge on any atom is 0.181 e. The smallest absolute Gasteiger partial charge is 0.181 e. The van der Waals surface area contributed by atoms with Crippen LogP contribution in [0.3, 0.4) is 0 Å². The largest absolute Gasteiger partial charge is 0.494 e. The minimum Gasteiger partial charge on any atom is -0.494 e. The maximum absolute atomic E-state index is 5.50. The molecule has 0 saturated carbocycles. The normalized spacial score (nSPS) is 11.3. The lowest BCUT2D eigenvalue weighted by atomic mass is 10.0. The van der Waals surface area contributed by atoms with E-state index in [2.05, 4.69) is 41.2 Å². The third-order valence-electron chi connectivity index (χ3n) is 4.13. The third-order valence-corrected chi connectivity index (χ3v) is 4.13. The van der Waals surface area contributed by atoms with E-state index in [1.54, 1.807) is 13.3 Å². The highest BCUT2D eigenvalue weighted by atomic mass is 16.5. The molecular formula is C18H16N4O. The number of H-pyrrole nitrogens is 1. The van der Waals surface area contributed by atoms with E-state index in [9.17, 15) is 0 Å². The standard InChI is InChI=1S/C18H16N4O/c1-10-6-7-14(23-3)17-15(10)11(2)9-13(20-17)16-12-5-4-8-19-18(12)22-21-16/h4-9H,1-3H3,(H,19,21,22). The van der Waals surface area contributed by atoms with Gasteiger partial charge in [-0.1, -0.05) is 6.07 Å². The van der Waals surface area contributed by atoms with Gasteiger partial charge in [-0.25, -0.2) is 9.97 Å². The highest BCUT2D eigenvalue weighted by Gasteiger charge is 2.14. The highest BCUT2D eigenvalue weighted by molar-refractivity contribution is 5.95. The molecule has 0 radical (unpaired) electrons. The summed E-state index contributed by atoms with van der Waals surface area (Å²) >= 11 is 0. The number of rotatable bonds is 2. The topological polar surface area (TPSA) is 63.7 Å². The molecule has 0 saturated heterocycles. The molecule has 4 aromatic rings. The van der Waals surface area contributed by atoms with Crippen molar-refractivity contribution in [1.29, 1.82) is 0 Å². The number of hydrogen-bond donors (Lipinski definition) is 1. The van der Waals surface area contributed by atoms with Crippen molar-refractivity contribution in [2.75, 3.05) is 7.11 Å². The van der Waals surface area contributed by atoms with Gasteiger partial charge >= 0.3 is 0 Å². The van der Waals surface area contributed by atoms with E-state index in [0.717, 1.165) is 39.0 Å². The van der Waals surface area contributed by atoms with Crippen molar-refractivity contribution in [2.45, 2.75) is 13.8 Å². The first-order valence-corrected chi connectivity index (χ1v) is 7.43. The van der Waals surface area contributed by atoms with Gasteiger partial charge < -0.3 is 4.74 Å². The number of aromatic nitrogens is 4. The van der Waals surface area contributed by atoms with Gasteiger partial charge in [0.1, 0.15) is 11.3 Å². The number of hydrogen-bond acceptors (Lipinski definition) is 4. The molecule has 0 spiro atoms. The van der Waals surface area contributed by atoms with Gasteiger partial charge in [-0.05, 0) is 49.2 Å². The fourth-order valence-electron chi connectivity index (χ4n) is 3.05. The Morgan fingerprint density at radius 1 is 1.09 bits per heavy atom. The lowest BCUT2D eigenvalue weighted by molar-refractivity contribution is 0.419. The number of methoxy groups -OCH3 is 1. The minimum atomic E-state index is 0.693. The Morgan fingerprint density at radius 2 is 1.96 bits per heavy atom. The van der Waals surface area contributed by atoms with Crippen LogP contribution in [0.5, 0.6) is 5.75 Å². The average Bonchev–Trinajstić information content (AvgIpc) is 2.99. The molecule has 0 fully saturated rings. The van der Waals surface area contributed by atoms with Crippen LogP contribution in [0.1, 0.15) is 11.1 Å². The number of nitrogens with zero attached hydrogens (tertiary/aromatic N) is 3. The molecule has 3 heterocycles. The van der Waals surface area contributed by atoms with Gasteiger partial charge in [0.05, 0.1) is 18.5 Å². The minimum absolute atomic E-state index is 0.693. The molecule has 0 bridgehead atoms. The molecule has 23 heavy (non-hydrogen) atoms. The highest BCUT2D eigenvalue weighted by Crippen LogP contribution is 2.33. The molecule has 0 aliphatic rings. The molecule has 0 unspecified atom stereocenters. The van der Waals surface area contributed by atoms with Crippen molar-refractivity contribution < 1.29 is 4.74 Å². The summed E-state index contributed by atoms with van der Waals surface area (Å²) in [7, 11) is 1.67. The second kappa shape index (κ2) is 5.05. The van der Waals surface area contributed by atoms with Gasteiger partial charge in [-0.3, -0.25) is 5.10 Å². The molecule has 0 aliphatic carbocycles. The van der Waals surface area contributed by atoms with Crippen LogP contribution in [0.4, 0.5) is 0 Å². The quantitative estimate of drug-likeness (QED) is 0.612. The SMILES string of the molecule is COc1ccc(C)c2c(C)cc(-c3[nH]nc4ncccc34)nc12. The van der Waals surface area contributed by atoms with Crippen LogP contribution < -0.4 is 4.74 Å². The predicted octanol–water partition coefficient (Wildman–Crippen LogP) is 3.80. The fraction of sp³-hybridized carbons (Fsp3) is 0.167. The second-order valence-electron chi connectivity index (χ2n) is 5.61. The second-order valence-corrected chi connectivity index (χ2v) is 5.61. The lowest BCUT2D eigenvalue weighted by Crippen LogP contribution is -1.95. The van der Waals surface area contributed by atoms with Gasteiger partial charge in [-0.2, -0.15) is 5.10 Å². The van der Waals surface area contributed by atoms with Crippen LogP contribution in [-0.2, 0) is 0 Å². The number of pyridine rings is 2. The van der Waals surface area contributed by atoms with Gasteiger partial charge in [0.2, 0.25) is 0 Å². The summed E-state index contributed by atoms with van der Waals surface area (Å²) in [6, 6.07) is 10.00. The molecule has 0 aliphatic heterocycles. The van der Waals surface area contributed by atoms with Crippen LogP contribution in [0.15, 0.2) is 36.5 Å². The zero-order valence-electron chi connectivity index (χ0n) is 13.2. The zero-order valence-corrected chi connectivity index (χ0v) is 13.2. The molecule has 5 heteroatoms. The first kappa shape index (κ1) is 13.7. The Labute approximate surface area is 133 Å². The van der Waals surface area contributed by atoms with Crippen molar-refractivity contribution in [1.82, 2.24) is 20.2 Å². The number of nitrogens with one attached hydrogen (secondary N) is 1. The van der Waals surface area contributed by atoms with Crippen LogP contribution in [0.2, 0.25) is 0 Å². The number of ether oxygens (including phenoxy) is 1. The van der Waals surface area contributed by atoms with E-state index in [0.29, 0.717) is 5.65 Å². The molecule has 114 valence electrons. The van der Waals surface area contributed by atoms with E-state index in [-0.39, 0.29) is 0 Å². The molecular weight excluding hydrogens is 288 g/mol. The Hall–Kier alpha value is -2.95. The number of aryl methyl sites for hydroxylation is 2. The lowest BCUT2D eigenvalue weighted by Gasteiger charge is -2.11. The maximum atomic E-state index is 5.50. The van der Waals surface area contributed by atoms with Gasteiger partial charge in [-0.15, -0.1) is 0 Å². The summed E-state index contributed by atoms with van der Waals surface area (Å²) in [5, 5.41) is 9.41. The van der Waals surface area contributed by atoms with E-state index in [4.69, 9.17) is 9.72 Å². The van der Waals surface area contributed by atoms with Crippen LogP contribution in [0, 0.1) is 13.8 Å². The van der Waals surface area contributed by atoms with E-state index in [1.807, 2.05) is 18.2 Å². The summed E-state index contributed by atoms with van der Waals surface area (Å²) in [6.45, 7) is 4.18. The number of aromatic amines is 1. The molecule has 1 N–H and O–H groups in total. The van der Waals surface area contributed by atoms with E-state index >= 15 is 0 Å². The van der Waals surface area contributed by atoms with Crippen molar-refractivity contribution >= 4 is 21.9 Å². The molecule has 3 aromatic heterocycles. The molecule has 1 aromatic carbocycles. The summed E-state index contributed by atoms with van der Waals surface area (Å²) in [4.78, 5) is 9.10. The summed E-state index contributed by atoms with van der Waals surface area (Å²) in [6.07, 6.45) is 1.73. The summed E-state index contributed by atoms with van der Waals surface area (Å²) < 4.78 is 5.50. The predicted molar refractivity (Wildman–Crippen MR) is 90.7 cm³/mol. The van der Waals surface area contributed by atoms with Crippen molar-refractivity contribution in [3.05, 3.63) is 47.7 Å².